The lowest BCUT2D eigenvalue weighted by molar-refractivity contribution is 0.0919. The van der Waals surface area contributed by atoms with E-state index in [1.807, 2.05) is 6.92 Å². The van der Waals surface area contributed by atoms with Crippen molar-refractivity contribution in [3.63, 3.8) is 0 Å². The second kappa shape index (κ2) is 11.5. The largest absolute Gasteiger partial charge is 0.347 e. The summed E-state index contributed by atoms with van der Waals surface area (Å²) < 4.78 is 1.56. The molecule has 0 aliphatic carbocycles. The molecule has 1 atom stereocenters. The molecule has 144 valence electrons. The Kier molecular flexibility index (Phi) is 10.1. The van der Waals surface area contributed by atoms with Gasteiger partial charge in [0.15, 0.2) is 0 Å². The van der Waals surface area contributed by atoms with E-state index >= 15 is 0 Å². The van der Waals surface area contributed by atoms with Crippen LogP contribution in [0, 0.1) is 6.92 Å². The van der Waals surface area contributed by atoms with Crippen LogP contribution in [0.1, 0.15) is 75.5 Å². The summed E-state index contributed by atoms with van der Waals surface area (Å²) in [6.45, 7) is 11.4. The van der Waals surface area contributed by atoms with Crippen molar-refractivity contribution in [2.75, 3.05) is 19.6 Å². The third-order valence-corrected chi connectivity index (χ3v) is 4.88. The van der Waals surface area contributed by atoms with E-state index in [1.165, 1.54) is 38.5 Å². The molecule has 0 aliphatic rings. The number of nitrogens with one attached hydrogen (secondary N) is 1. The maximum atomic E-state index is 12.5. The Labute approximate surface area is 158 Å². The fourth-order valence-electron chi connectivity index (χ4n) is 3.07. The molecule has 0 radical (unpaired) electrons. The van der Waals surface area contributed by atoms with Crippen LogP contribution in [0.3, 0.4) is 0 Å². The first-order valence-electron chi connectivity index (χ1n) is 9.62. The van der Waals surface area contributed by atoms with Crippen molar-refractivity contribution in [1.82, 2.24) is 20.0 Å². The highest BCUT2D eigenvalue weighted by atomic mass is 35.5. The van der Waals surface area contributed by atoms with Gasteiger partial charge in [0.05, 0.1) is 10.7 Å². The lowest BCUT2D eigenvalue weighted by atomic mass is 10.2. The maximum absolute atomic E-state index is 12.5. The molecule has 1 aromatic rings. The second-order valence-electron chi connectivity index (χ2n) is 6.96. The summed E-state index contributed by atoms with van der Waals surface area (Å²) in [5.41, 5.74) is 1.12. The van der Waals surface area contributed by atoms with Crippen LogP contribution >= 0.6 is 11.6 Å². The fraction of sp³-hybridized carbons (Fsp3) is 0.789. The lowest BCUT2D eigenvalue weighted by Gasteiger charge is -2.26. The van der Waals surface area contributed by atoms with Crippen LogP contribution < -0.4 is 5.32 Å². The molecule has 1 amide bonds. The highest BCUT2D eigenvalue weighted by Gasteiger charge is 2.21. The van der Waals surface area contributed by atoms with Crippen LogP contribution in [-0.2, 0) is 7.05 Å². The highest BCUT2D eigenvalue weighted by Crippen LogP contribution is 2.19. The number of rotatable bonds is 12. The molecule has 0 bridgehead atoms. The van der Waals surface area contributed by atoms with Crippen molar-refractivity contribution in [3.8, 4) is 0 Å². The molecule has 6 heteroatoms. The zero-order valence-corrected chi connectivity index (χ0v) is 17.3. The number of nitrogens with zero attached hydrogens (tertiary/aromatic N) is 3. The molecular weight excluding hydrogens is 336 g/mol. The molecule has 1 unspecified atom stereocenters. The quantitative estimate of drug-likeness (QED) is 0.561. The van der Waals surface area contributed by atoms with E-state index in [-0.39, 0.29) is 11.9 Å². The van der Waals surface area contributed by atoms with Gasteiger partial charge in [0, 0.05) is 19.6 Å². The Balaban J connectivity index is 2.59. The molecular formula is C19H35ClN4O. The summed E-state index contributed by atoms with van der Waals surface area (Å²) in [4.78, 5) is 15.0. The molecule has 1 aromatic heterocycles. The molecule has 0 aromatic carbocycles. The van der Waals surface area contributed by atoms with E-state index in [2.05, 4.69) is 36.1 Å². The van der Waals surface area contributed by atoms with Crippen LogP contribution in [-0.4, -0.2) is 46.3 Å². The van der Waals surface area contributed by atoms with Gasteiger partial charge in [-0.05, 0) is 39.8 Å². The molecule has 1 rings (SSSR count). The van der Waals surface area contributed by atoms with Gasteiger partial charge in [-0.25, -0.2) is 0 Å². The van der Waals surface area contributed by atoms with Crippen molar-refractivity contribution in [2.24, 2.45) is 7.05 Å². The van der Waals surface area contributed by atoms with Gasteiger partial charge in [-0.2, -0.15) is 5.10 Å². The molecule has 1 heterocycles. The van der Waals surface area contributed by atoms with Gasteiger partial charge in [-0.3, -0.25) is 9.48 Å². The number of hydrogen-bond acceptors (Lipinski definition) is 3. The van der Waals surface area contributed by atoms with Crippen LogP contribution in [0.4, 0.5) is 0 Å². The standard InChI is InChI=1S/C19H35ClN4O/c1-6-8-10-12-24(13-11-9-7-2)14-15(3)21-19(25)18-17(20)16(4)22-23(18)5/h15H,6-14H2,1-5H3,(H,21,25). The Morgan fingerprint density at radius 3 is 2.20 bits per heavy atom. The van der Waals surface area contributed by atoms with E-state index < -0.39 is 0 Å². The minimum Gasteiger partial charge on any atom is -0.347 e. The number of amides is 1. The zero-order chi connectivity index (χ0) is 18.8. The summed E-state index contributed by atoms with van der Waals surface area (Å²) in [6.07, 6.45) is 7.41. The zero-order valence-electron chi connectivity index (χ0n) is 16.6. The third-order valence-electron chi connectivity index (χ3n) is 4.43. The molecule has 0 spiro atoms. The first-order chi connectivity index (χ1) is 11.9. The number of halogens is 1. The summed E-state index contributed by atoms with van der Waals surface area (Å²) in [5.74, 6) is -0.150. The Morgan fingerprint density at radius 2 is 1.76 bits per heavy atom. The lowest BCUT2D eigenvalue weighted by Crippen LogP contribution is -2.43. The molecule has 0 fully saturated rings. The van der Waals surface area contributed by atoms with Crippen LogP contribution in [0.2, 0.25) is 5.02 Å². The van der Waals surface area contributed by atoms with Gasteiger partial charge >= 0.3 is 0 Å². The van der Waals surface area contributed by atoms with Gasteiger partial charge < -0.3 is 10.2 Å². The topological polar surface area (TPSA) is 50.2 Å². The highest BCUT2D eigenvalue weighted by molar-refractivity contribution is 6.34. The average Bonchev–Trinajstić information content (AvgIpc) is 2.80. The molecule has 25 heavy (non-hydrogen) atoms. The first-order valence-corrected chi connectivity index (χ1v) is 10.0. The minimum absolute atomic E-state index is 0.0713. The van der Waals surface area contributed by atoms with Gasteiger partial charge in [0.1, 0.15) is 5.69 Å². The number of carbonyl (C=O) groups excluding carboxylic acids is 1. The van der Waals surface area contributed by atoms with Crippen molar-refractivity contribution < 1.29 is 4.79 Å². The molecule has 0 aliphatic heterocycles. The SMILES string of the molecule is CCCCCN(CCCCC)CC(C)NC(=O)c1c(Cl)c(C)nn1C. The number of aromatic nitrogens is 2. The monoisotopic (exact) mass is 370 g/mol. The van der Waals surface area contributed by atoms with E-state index in [0.29, 0.717) is 16.4 Å². The van der Waals surface area contributed by atoms with Gasteiger partial charge in [0.2, 0.25) is 0 Å². The third kappa shape index (κ3) is 7.37. The number of aryl methyl sites for hydroxylation is 2. The predicted octanol–water partition coefficient (Wildman–Crippen LogP) is 4.18. The van der Waals surface area contributed by atoms with Crippen molar-refractivity contribution in [2.45, 2.75) is 72.3 Å². The summed E-state index contributed by atoms with van der Waals surface area (Å²) >= 11 is 6.21. The summed E-state index contributed by atoms with van der Waals surface area (Å²) in [5, 5.41) is 7.73. The molecule has 5 nitrogen and oxygen atoms in total. The first kappa shape index (κ1) is 22.0. The maximum Gasteiger partial charge on any atom is 0.271 e. The average molecular weight is 371 g/mol. The molecule has 0 saturated carbocycles. The Morgan fingerprint density at radius 1 is 1.20 bits per heavy atom. The van der Waals surface area contributed by atoms with Crippen LogP contribution in [0.25, 0.3) is 0 Å². The van der Waals surface area contributed by atoms with E-state index in [9.17, 15) is 4.79 Å². The second-order valence-corrected chi connectivity index (χ2v) is 7.34. The number of hydrogen-bond donors (Lipinski definition) is 1. The van der Waals surface area contributed by atoms with Gasteiger partial charge in [-0.15, -0.1) is 0 Å². The van der Waals surface area contributed by atoms with E-state index in [0.717, 1.165) is 19.6 Å². The summed E-state index contributed by atoms with van der Waals surface area (Å²) in [7, 11) is 1.75. The number of carbonyl (C=O) groups is 1. The minimum atomic E-state index is -0.150. The van der Waals surface area contributed by atoms with Crippen molar-refractivity contribution >= 4 is 17.5 Å². The van der Waals surface area contributed by atoms with Gasteiger partial charge in [-0.1, -0.05) is 51.1 Å². The van der Waals surface area contributed by atoms with Gasteiger partial charge in [0.25, 0.3) is 5.91 Å². The van der Waals surface area contributed by atoms with Crippen LogP contribution in [0.15, 0.2) is 0 Å². The Hall–Kier alpha value is -1.07. The smallest absolute Gasteiger partial charge is 0.271 e. The van der Waals surface area contributed by atoms with Crippen molar-refractivity contribution in [1.29, 1.82) is 0 Å². The van der Waals surface area contributed by atoms with Crippen LogP contribution in [0.5, 0.6) is 0 Å². The summed E-state index contributed by atoms with van der Waals surface area (Å²) in [6, 6.07) is 0.0713. The normalized spacial score (nSPS) is 12.6. The molecule has 0 saturated heterocycles. The van der Waals surface area contributed by atoms with E-state index in [4.69, 9.17) is 11.6 Å². The number of unbranched alkanes of at least 4 members (excludes halogenated alkanes) is 4. The van der Waals surface area contributed by atoms with E-state index in [1.54, 1.807) is 11.7 Å². The van der Waals surface area contributed by atoms with Crippen molar-refractivity contribution in [3.05, 3.63) is 16.4 Å². The molecule has 1 N–H and O–H groups in total. The predicted molar refractivity (Wildman–Crippen MR) is 105 cm³/mol. The fourth-order valence-corrected chi connectivity index (χ4v) is 3.32. The Bertz CT molecular complexity index is 520.